The third-order valence-corrected chi connectivity index (χ3v) is 11.7. The van der Waals surface area contributed by atoms with Crippen molar-refractivity contribution in [3.63, 3.8) is 0 Å². The first-order valence-electron chi connectivity index (χ1n) is 6.62. The van der Waals surface area contributed by atoms with Gasteiger partial charge in [-0.3, -0.25) is 0 Å². The molecule has 0 fully saturated rings. The van der Waals surface area contributed by atoms with E-state index in [-0.39, 0.29) is 0 Å². The van der Waals surface area contributed by atoms with Crippen LogP contribution in [0, 0.1) is 0 Å². The zero-order valence-corrected chi connectivity index (χ0v) is 13.7. The van der Waals surface area contributed by atoms with Crippen LogP contribution in [0.5, 0.6) is 0 Å². The fraction of sp³-hybridized carbons (Fsp3) is 0.692. The summed E-state index contributed by atoms with van der Waals surface area (Å²) in [6.45, 7) is 14.0. The van der Waals surface area contributed by atoms with Gasteiger partial charge in [0.25, 0.3) is 0 Å². The molecule has 0 N–H and O–H groups in total. The molecule has 0 saturated carbocycles. The predicted molar refractivity (Wildman–Crippen MR) is 74.8 cm³/mol. The first-order valence-corrected chi connectivity index (χ1v) is 9.99. The number of hydrogen-bond acceptors (Lipinski definition) is 2. The van der Waals surface area contributed by atoms with Crippen LogP contribution in [0.25, 0.3) is 0 Å². The molecule has 3 heteroatoms. The quantitative estimate of drug-likeness (QED) is 0.662. The molecule has 0 unspecified atom stereocenters. The molecule has 0 saturated heterocycles. The molecule has 2 nitrogen and oxygen atoms in total. The second-order valence-electron chi connectivity index (χ2n) is 4.19. The summed E-state index contributed by atoms with van der Waals surface area (Å²) in [4.78, 5) is 0. The van der Waals surface area contributed by atoms with Crippen molar-refractivity contribution in [2.75, 3.05) is 26.2 Å². The van der Waals surface area contributed by atoms with E-state index in [9.17, 15) is 0 Å². The van der Waals surface area contributed by atoms with E-state index in [0.29, 0.717) is 0 Å². The first kappa shape index (κ1) is 14.0. The molecular weight excluding hydrogens is 257 g/mol. The average Bonchev–Trinajstić information content (AvgIpc) is 2.83. The van der Waals surface area contributed by atoms with E-state index in [1.807, 2.05) is 0 Å². The van der Waals surface area contributed by atoms with Gasteiger partial charge in [-0.05, 0) is 0 Å². The van der Waals surface area contributed by atoms with Crippen LogP contribution >= 0.6 is 0 Å². The Kier molecular flexibility index (Phi) is 6.39. The molecule has 0 aromatic rings. The summed E-state index contributed by atoms with van der Waals surface area (Å²) in [7, 11) is 0. The van der Waals surface area contributed by atoms with E-state index in [1.54, 1.807) is 4.41 Å². The molecule has 1 aliphatic carbocycles. The van der Waals surface area contributed by atoms with Gasteiger partial charge in [0.1, 0.15) is 0 Å². The molecule has 0 radical (unpaired) electrons. The van der Waals surface area contributed by atoms with Gasteiger partial charge >= 0.3 is 105 Å². The van der Waals surface area contributed by atoms with E-state index in [1.165, 1.54) is 32.6 Å². The number of hydrogen-bond donors (Lipinski definition) is 0. The van der Waals surface area contributed by atoms with Crippen molar-refractivity contribution in [1.29, 1.82) is 0 Å². The number of allylic oxidation sites excluding steroid dienone is 4. The van der Waals surface area contributed by atoms with Crippen LogP contribution in [-0.2, 0) is 0 Å². The van der Waals surface area contributed by atoms with Gasteiger partial charge in [-0.2, -0.15) is 0 Å². The Morgan fingerprint density at radius 1 is 1.00 bits per heavy atom. The third kappa shape index (κ3) is 3.22. The Morgan fingerprint density at radius 2 is 1.50 bits per heavy atom. The van der Waals surface area contributed by atoms with E-state index >= 15 is 0 Å². The maximum absolute atomic E-state index is 2.73. The van der Waals surface area contributed by atoms with Crippen LogP contribution in [0.3, 0.4) is 0 Å². The fourth-order valence-corrected chi connectivity index (χ4v) is 9.66. The topological polar surface area (TPSA) is 6.48 Å². The summed E-state index contributed by atoms with van der Waals surface area (Å²) >= 11 is -1.59. The second kappa shape index (κ2) is 7.30. The molecule has 0 spiro atoms. The molecule has 1 aliphatic rings. The van der Waals surface area contributed by atoms with Gasteiger partial charge in [-0.1, -0.05) is 0 Å². The molecule has 0 atom stereocenters. The SMILES string of the molecule is CC[N](CC)[GeH]([C]1=CC=CC1)[N](CC)CC. The van der Waals surface area contributed by atoms with E-state index < -0.39 is 14.8 Å². The second-order valence-corrected chi connectivity index (χ2v) is 10.4. The summed E-state index contributed by atoms with van der Waals surface area (Å²) in [6, 6.07) is 0. The molecule has 0 amide bonds. The molecule has 0 aromatic heterocycles. The van der Waals surface area contributed by atoms with Crippen LogP contribution < -0.4 is 0 Å². The van der Waals surface area contributed by atoms with Gasteiger partial charge in [0.05, 0.1) is 0 Å². The van der Waals surface area contributed by atoms with Crippen molar-refractivity contribution in [1.82, 2.24) is 7.71 Å². The van der Waals surface area contributed by atoms with Crippen molar-refractivity contribution in [3.8, 4) is 0 Å². The molecule has 0 heterocycles. The van der Waals surface area contributed by atoms with E-state index in [2.05, 4.69) is 53.6 Å². The molecule has 1 rings (SSSR count). The molecule has 0 aliphatic heterocycles. The zero-order valence-electron chi connectivity index (χ0n) is 11.2. The van der Waals surface area contributed by atoms with Crippen LogP contribution in [0.4, 0.5) is 0 Å². The Labute approximate surface area is 106 Å². The van der Waals surface area contributed by atoms with Crippen molar-refractivity contribution in [3.05, 3.63) is 22.6 Å². The van der Waals surface area contributed by atoms with Gasteiger partial charge in [-0.15, -0.1) is 0 Å². The van der Waals surface area contributed by atoms with Gasteiger partial charge in [0.15, 0.2) is 0 Å². The van der Waals surface area contributed by atoms with Gasteiger partial charge < -0.3 is 0 Å². The zero-order chi connectivity index (χ0) is 12.0. The van der Waals surface area contributed by atoms with Crippen LogP contribution in [0.1, 0.15) is 34.1 Å². The van der Waals surface area contributed by atoms with E-state index in [0.717, 1.165) is 0 Å². The minimum atomic E-state index is -1.59. The van der Waals surface area contributed by atoms with Crippen molar-refractivity contribution in [2.24, 2.45) is 0 Å². The van der Waals surface area contributed by atoms with Gasteiger partial charge in [0, 0.05) is 0 Å². The molecule has 16 heavy (non-hydrogen) atoms. The summed E-state index contributed by atoms with van der Waals surface area (Å²) in [5.41, 5.74) is 0. The molecule has 0 bridgehead atoms. The average molecular weight is 283 g/mol. The molecular formula is C13H26GeN2. The van der Waals surface area contributed by atoms with E-state index in [4.69, 9.17) is 0 Å². The van der Waals surface area contributed by atoms with Crippen molar-refractivity contribution < 1.29 is 0 Å². The van der Waals surface area contributed by atoms with Crippen LogP contribution in [0.2, 0.25) is 0 Å². The van der Waals surface area contributed by atoms with Crippen LogP contribution in [0.15, 0.2) is 22.6 Å². The normalized spacial score (nSPS) is 15.6. The number of rotatable bonds is 7. The summed E-state index contributed by atoms with van der Waals surface area (Å²) in [5.74, 6) is 0. The summed E-state index contributed by atoms with van der Waals surface area (Å²) < 4.78 is 7.21. The third-order valence-electron chi connectivity index (χ3n) is 3.45. The Balaban J connectivity index is 2.83. The monoisotopic (exact) mass is 284 g/mol. The standard InChI is InChI=1S/C13H26GeN2/c1-5-15(6-2)14(16(7-3)8-4)13-11-9-10-12-13/h9-11,14H,5-8,12H2,1-4H3. The maximum atomic E-state index is 2.73. The predicted octanol–water partition coefficient (Wildman–Crippen LogP) is 2.32. The Bertz CT molecular complexity index is 241. The Morgan fingerprint density at radius 3 is 1.81 bits per heavy atom. The van der Waals surface area contributed by atoms with Crippen molar-refractivity contribution >= 4 is 14.8 Å². The van der Waals surface area contributed by atoms with Gasteiger partial charge in [-0.25, -0.2) is 0 Å². The summed E-state index contributed by atoms with van der Waals surface area (Å²) in [6.07, 6.45) is 8.13. The van der Waals surface area contributed by atoms with Crippen molar-refractivity contribution in [2.45, 2.75) is 34.1 Å². The fourth-order valence-electron chi connectivity index (χ4n) is 2.49. The molecule has 0 aromatic carbocycles. The van der Waals surface area contributed by atoms with Crippen LogP contribution in [-0.4, -0.2) is 48.7 Å². The van der Waals surface area contributed by atoms with Gasteiger partial charge in [0.2, 0.25) is 0 Å². The number of nitrogens with zero attached hydrogens (tertiary/aromatic N) is 2. The molecule has 92 valence electrons. The Hall–Kier alpha value is -0.0571. The minimum absolute atomic E-state index is 1.20. The first-order chi connectivity index (χ1) is 7.78. The summed E-state index contributed by atoms with van der Waals surface area (Å²) in [5, 5.41) is 0.